The fourth-order valence-electron chi connectivity index (χ4n) is 3.72. The summed E-state index contributed by atoms with van der Waals surface area (Å²) in [6.45, 7) is 9.90. The van der Waals surface area contributed by atoms with Gasteiger partial charge >= 0.3 is 6.16 Å². The van der Waals surface area contributed by atoms with Crippen LogP contribution in [0.15, 0.2) is 34.6 Å². The Morgan fingerprint density at radius 2 is 1.23 bits per heavy atom. The molecule has 0 saturated carbocycles. The Bertz CT molecular complexity index is 916. The first-order valence-corrected chi connectivity index (χ1v) is 16.6. The molecule has 0 amide bonds. The van der Waals surface area contributed by atoms with Gasteiger partial charge in [0.15, 0.2) is 10.3 Å². The van der Waals surface area contributed by atoms with Gasteiger partial charge in [-0.2, -0.15) is 15.0 Å². The molecular formula is C30H48N4O3S2. The molecule has 0 unspecified atom stereocenters. The van der Waals surface area contributed by atoms with Crippen molar-refractivity contribution in [1.82, 2.24) is 15.0 Å². The van der Waals surface area contributed by atoms with Gasteiger partial charge in [-0.1, -0.05) is 102 Å². The van der Waals surface area contributed by atoms with E-state index in [1.54, 1.807) is 56.4 Å². The highest BCUT2D eigenvalue weighted by Crippen LogP contribution is 2.25. The van der Waals surface area contributed by atoms with E-state index < -0.39 is 11.8 Å². The fourth-order valence-corrected chi connectivity index (χ4v) is 5.44. The van der Waals surface area contributed by atoms with E-state index in [1.165, 1.54) is 77.0 Å². The molecule has 0 aliphatic rings. The number of carbonyl (C=O) groups is 1. The van der Waals surface area contributed by atoms with Crippen molar-refractivity contribution in [3.8, 4) is 5.75 Å². The van der Waals surface area contributed by atoms with Gasteiger partial charge in [-0.05, 0) is 57.9 Å². The lowest BCUT2D eigenvalue weighted by Crippen LogP contribution is -2.25. The van der Waals surface area contributed by atoms with Crippen molar-refractivity contribution < 1.29 is 14.3 Å². The summed E-state index contributed by atoms with van der Waals surface area (Å²) in [5.74, 6) is 2.96. The zero-order valence-corrected chi connectivity index (χ0v) is 26.2. The van der Waals surface area contributed by atoms with Gasteiger partial charge in [0.1, 0.15) is 11.4 Å². The lowest BCUT2D eigenvalue weighted by molar-refractivity contribution is 0.0206. The van der Waals surface area contributed by atoms with Crippen LogP contribution in [0.2, 0.25) is 0 Å². The molecule has 39 heavy (non-hydrogen) atoms. The van der Waals surface area contributed by atoms with Crippen molar-refractivity contribution in [3.63, 3.8) is 0 Å². The third-order valence-corrected chi connectivity index (χ3v) is 7.62. The number of hydrogen-bond donors (Lipinski definition) is 1. The number of rotatable bonds is 19. The highest BCUT2D eigenvalue weighted by molar-refractivity contribution is 7.99. The van der Waals surface area contributed by atoms with Crippen LogP contribution < -0.4 is 10.1 Å². The second-order valence-electron chi connectivity index (χ2n) is 10.7. The lowest BCUT2D eigenvalue weighted by Gasteiger charge is -2.18. The Labute approximate surface area is 244 Å². The Morgan fingerprint density at radius 1 is 0.744 bits per heavy atom. The third kappa shape index (κ3) is 16.0. The standard InChI is InChI=1S/C30H48N4O3S2/c1-6-8-10-12-14-16-22-38-27-32-26(33-28(34-27)39-23-17-15-13-11-9-7-2)31-24-18-20-25(21-19-24)36-29(35)37-30(3,4)5/h18-21H,6-17,22-23H2,1-5H3,(H,31,32,33,34). The third-order valence-electron chi connectivity index (χ3n) is 5.75. The van der Waals surface area contributed by atoms with E-state index in [1.807, 2.05) is 12.1 Å². The molecule has 1 heterocycles. The van der Waals surface area contributed by atoms with Crippen molar-refractivity contribution >= 4 is 41.3 Å². The first-order chi connectivity index (χ1) is 18.8. The summed E-state index contributed by atoms with van der Waals surface area (Å²) in [7, 11) is 0. The molecule has 0 saturated heterocycles. The minimum Gasteiger partial charge on any atom is -0.428 e. The van der Waals surface area contributed by atoms with Crippen LogP contribution in [-0.2, 0) is 4.74 Å². The van der Waals surface area contributed by atoms with Crippen molar-refractivity contribution in [3.05, 3.63) is 24.3 Å². The molecule has 0 aliphatic heterocycles. The van der Waals surface area contributed by atoms with Crippen LogP contribution in [0.1, 0.15) is 112 Å². The highest BCUT2D eigenvalue weighted by Gasteiger charge is 2.18. The summed E-state index contributed by atoms with van der Waals surface area (Å²) in [4.78, 5) is 26.0. The number of nitrogens with zero attached hydrogens (tertiary/aromatic N) is 3. The Balaban J connectivity index is 1.97. The average Bonchev–Trinajstić information content (AvgIpc) is 2.87. The maximum atomic E-state index is 11.9. The molecule has 2 rings (SSSR count). The number of carbonyl (C=O) groups excluding carboxylic acids is 1. The van der Waals surface area contributed by atoms with Gasteiger partial charge in [-0.15, -0.1) is 0 Å². The Hall–Kier alpha value is -2.00. The molecule has 1 N–H and O–H groups in total. The van der Waals surface area contributed by atoms with Crippen LogP contribution in [0.5, 0.6) is 5.75 Å². The zero-order chi connectivity index (χ0) is 28.3. The quantitative estimate of drug-likeness (QED) is 0.0759. The summed E-state index contributed by atoms with van der Waals surface area (Å²) in [5, 5.41) is 4.81. The number of unbranched alkanes of at least 4 members (excludes halogenated alkanes) is 10. The lowest BCUT2D eigenvalue weighted by atomic mass is 10.1. The molecule has 2 aromatic rings. The SMILES string of the molecule is CCCCCCCCSc1nc(Nc2ccc(OC(=O)OC(C)(C)C)cc2)nc(SCCCCCCCC)n1. The fraction of sp³-hybridized carbons (Fsp3) is 0.667. The molecule has 0 atom stereocenters. The van der Waals surface area contributed by atoms with E-state index in [2.05, 4.69) is 29.1 Å². The molecule has 0 aliphatic carbocycles. The van der Waals surface area contributed by atoms with Gasteiger partial charge in [0, 0.05) is 17.2 Å². The molecule has 1 aromatic carbocycles. The van der Waals surface area contributed by atoms with E-state index in [0.29, 0.717) is 11.7 Å². The number of ether oxygens (including phenoxy) is 2. The Morgan fingerprint density at radius 3 is 1.72 bits per heavy atom. The van der Waals surface area contributed by atoms with Crippen LogP contribution in [0, 0.1) is 0 Å². The monoisotopic (exact) mass is 576 g/mol. The van der Waals surface area contributed by atoms with Crippen molar-refractivity contribution in [2.45, 2.75) is 128 Å². The predicted molar refractivity (Wildman–Crippen MR) is 165 cm³/mol. The summed E-state index contributed by atoms with van der Waals surface area (Å²) >= 11 is 3.41. The first-order valence-electron chi connectivity index (χ1n) is 14.6. The minimum absolute atomic E-state index is 0.413. The van der Waals surface area contributed by atoms with Gasteiger partial charge in [-0.25, -0.2) is 4.79 Å². The number of anilines is 2. The van der Waals surface area contributed by atoms with Crippen molar-refractivity contribution in [2.24, 2.45) is 0 Å². The second kappa shape index (κ2) is 19.1. The Kier molecular flexibility index (Phi) is 16.3. The summed E-state index contributed by atoms with van der Waals surface area (Å²) in [6, 6.07) is 7.09. The molecule has 218 valence electrons. The van der Waals surface area contributed by atoms with Crippen LogP contribution in [0.25, 0.3) is 0 Å². The highest BCUT2D eigenvalue weighted by atomic mass is 32.2. The van der Waals surface area contributed by atoms with Gasteiger partial charge in [-0.3, -0.25) is 0 Å². The molecule has 0 radical (unpaired) electrons. The molecule has 0 spiro atoms. The number of aromatic nitrogens is 3. The van der Waals surface area contributed by atoms with Crippen molar-refractivity contribution in [1.29, 1.82) is 0 Å². The molecular weight excluding hydrogens is 528 g/mol. The average molecular weight is 577 g/mol. The van der Waals surface area contributed by atoms with E-state index in [0.717, 1.165) is 27.5 Å². The normalized spacial score (nSPS) is 11.4. The predicted octanol–water partition coefficient (Wildman–Crippen LogP) is 9.83. The van der Waals surface area contributed by atoms with Gasteiger partial charge in [0.25, 0.3) is 0 Å². The maximum absolute atomic E-state index is 11.9. The second-order valence-corrected chi connectivity index (χ2v) is 12.8. The largest absolute Gasteiger partial charge is 0.514 e. The zero-order valence-electron chi connectivity index (χ0n) is 24.6. The van der Waals surface area contributed by atoms with Gasteiger partial charge in [0.05, 0.1) is 0 Å². The first kappa shape index (κ1) is 33.2. The van der Waals surface area contributed by atoms with Crippen LogP contribution in [0.3, 0.4) is 0 Å². The minimum atomic E-state index is -0.722. The van der Waals surface area contributed by atoms with Gasteiger partial charge < -0.3 is 14.8 Å². The molecule has 7 nitrogen and oxygen atoms in total. The van der Waals surface area contributed by atoms with E-state index in [9.17, 15) is 4.79 Å². The van der Waals surface area contributed by atoms with E-state index in [4.69, 9.17) is 14.5 Å². The molecule has 0 bridgehead atoms. The molecule has 9 heteroatoms. The summed E-state index contributed by atoms with van der Waals surface area (Å²) < 4.78 is 10.5. The molecule has 1 aromatic heterocycles. The summed E-state index contributed by atoms with van der Waals surface area (Å²) in [6.07, 6.45) is 14.5. The van der Waals surface area contributed by atoms with E-state index in [-0.39, 0.29) is 0 Å². The van der Waals surface area contributed by atoms with Crippen LogP contribution in [-0.4, -0.2) is 38.2 Å². The maximum Gasteiger partial charge on any atom is 0.514 e. The summed E-state index contributed by atoms with van der Waals surface area (Å²) in [5.41, 5.74) is 0.198. The number of hydrogen-bond acceptors (Lipinski definition) is 9. The number of nitrogens with one attached hydrogen (secondary N) is 1. The smallest absolute Gasteiger partial charge is 0.428 e. The number of thioether (sulfide) groups is 2. The van der Waals surface area contributed by atoms with Crippen molar-refractivity contribution in [2.75, 3.05) is 16.8 Å². The molecule has 0 fully saturated rings. The topological polar surface area (TPSA) is 86.2 Å². The van der Waals surface area contributed by atoms with Crippen LogP contribution >= 0.6 is 23.5 Å². The number of benzene rings is 1. The van der Waals surface area contributed by atoms with Gasteiger partial charge in [0.2, 0.25) is 5.95 Å². The van der Waals surface area contributed by atoms with E-state index >= 15 is 0 Å². The van der Waals surface area contributed by atoms with Crippen LogP contribution in [0.4, 0.5) is 16.4 Å².